The number of rotatable bonds is 2. The SMILES string of the molecule is O=C1COCC(=O)SC[C@H](C(=O)O)NC(=O)c2cccc(n2)C(=O)N[C@@H](C(=O)O)CS1. The lowest BCUT2D eigenvalue weighted by Gasteiger charge is -2.15. The first kappa shape index (κ1) is 24.3. The molecule has 2 bridgehead atoms. The highest BCUT2D eigenvalue weighted by Gasteiger charge is 2.26. The molecule has 0 aliphatic carbocycles. The number of carbonyl (C=O) groups is 6. The number of aliphatic carboxylic acids is 2. The van der Waals surface area contributed by atoms with Gasteiger partial charge in [-0.1, -0.05) is 29.6 Å². The maximum absolute atomic E-state index is 12.4. The fraction of sp³-hybridized carbons (Fsp3) is 0.353. The van der Waals surface area contributed by atoms with Crippen molar-refractivity contribution in [2.75, 3.05) is 24.7 Å². The molecular weight excluding hydrogens is 454 g/mol. The second-order valence-electron chi connectivity index (χ2n) is 6.00. The number of fused-ring (bicyclic) bond motifs is 2. The van der Waals surface area contributed by atoms with E-state index in [9.17, 15) is 39.0 Å². The number of aromatic nitrogens is 1. The number of amides is 2. The lowest BCUT2D eigenvalue weighted by atomic mass is 10.2. The molecule has 0 unspecified atom stereocenters. The average molecular weight is 471 g/mol. The number of nitrogens with one attached hydrogen (secondary N) is 2. The Bertz CT molecular complexity index is 841. The lowest BCUT2D eigenvalue weighted by Crippen LogP contribution is -2.44. The quantitative estimate of drug-likeness (QED) is 0.412. The van der Waals surface area contributed by atoms with Gasteiger partial charge in [0, 0.05) is 11.5 Å². The topological polar surface area (TPSA) is 189 Å². The number of carboxylic acid groups (broad SMARTS) is 2. The van der Waals surface area contributed by atoms with E-state index in [4.69, 9.17) is 4.74 Å². The van der Waals surface area contributed by atoms with Gasteiger partial charge in [0.05, 0.1) is 0 Å². The van der Waals surface area contributed by atoms with Crippen molar-refractivity contribution in [1.29, 1.82) is 0 Å². The zero-order chi connectivity index (χ0) is 23.0. The fourth-order valence-electron chi connectivity index (χ4n) is 2.15. The summed E-state index contributed by atoms with van der Waals surface area (Å²) in [6, 6.07) is 0.910. The fourth-order valence-corrected chi connectivity index (χ4v) is 3.65. The van der Waals surface area contributed by atoms with Crippen molar-refractivity contribution < 1.29 is 43.7 Å². The molecule has 1 aromatic heterocycles. The molecule has 0 saturated carbocycles. The van der Waals surface area contributed by atoms with Crippen LogP contribution in [0, 0.1) is 0 Å². The normalized spacial score (nSPS) is 21.9. The first-order chi connectivity index (χ1) is 14.7. The van der Waals surface area contributed by atoms with Crippen LogP contribution in [-0.4, -0.2) is 86.0 Å². The Labute approximate surface area is 183 Å². The van der Waals surface area contributed by atoms with Crippen LogP contribution < -0.4 is 10.6 Å². The van der Waals surface area contributed by atoms with Crippen LogP contribution in [0.3, 0.4) is 0 Å². The molecule has 1 aliphatic heterocycles. The molecule has 0 aromatic carbocycles. The van der Waals surface area contributed by atoms with Crippen molar-refractivity contribution in [3.05, 3.63) is 29.6 Å². The Morgan fingerprint density at radius 1 is 0.871 bits per heavy atom. The van der Waals surface area contributed by atoms with Gasteiger partial charge in [-0.2, -0.15) is 0 Å². The van der Waals surface area contributed by atoms with Crippen LogP contribution in [0.5, 0.6) is 0 Å². The summed E-state index contributed by atoms with van der Waals surface area (Å²) in [4.78, 5) is 75.0. The molecule has 0 fully saturated rings. The van der Waals surface area contributed by atoms with E-state index in [1.165, 1.54) is 18.2 Å². The second-order valence-corrected chi connectivity index (χ2v) is 8.15. The van der Waals surface area contributed by atoms with Crippen LogP contribution in [-0.2, 0) is 23.9 Å². The Hall–Kier alpha value is -2.97. The Morgan fingerprint density at radius 2 is 1.29 bits per heavy atom. The minimum absolute atomic E-state index is 0.281. The molecule has 12 nitrogen and oxygen atoms in total. The van der Waals surface area contributed by atoms with Crippen LogP contribution >= 0.6 is 23.5 Å². The van der Waals surface area contributed by atoms with E-state index in [2.05, 4.69) is 15.6 Å². The summed E-state index contributed by atoms with van der Waals surface area (Å²) in [6.07, 6.45) is 0. The summed E-state index contributed by atoms with van der Waals surface area (Å²) in [5.41, 5.74) is -0.563. The zero-order valence-corrected chi connectivity index (χ0v) is 17.4. The van der Waals surface area contributed by atoms with Crippen molar-refractivity contribution >= 4 is 57.5 Å². The summed E-state index contributed by atoms with van der Waals surface area (Å²) in [5.74, 6) is -5.19. The van der Waals surface area contributed by atoms with Gasteiger partial charge in [0.15, 0.2) is 0 Å². The summed E-state index contributed by atoms with van der Waals surface area (Å²) in [5, 5.41) is 21.8. The van der Waals surface area contributed by atoms with Gasteiger partial charge >= 0.3 is 11.9 Å². The summed E-state index contributed by atoms with van der Waals surface area (Å²) < 4.78 is 4.95. The molecule has 2 rings (SSSR count). The predicted molar refractivity (Wildman–Crippen MR) is 108 cm³/mol. The molecule has 166 valence electrons. The van der Waals surface area contributed by atoms with Gasteiger partial charge in [-0.3, -0.25) is 19.2 Å². The molecule has 31 heavy (non-hydrogen) atoms. The van der Waals surface area contributed by atoms with Gasteiger partial charge in [0.1, 0.15) is 36.7 Å². The number of hydrogen-bond acceptors (Lipinski definition) is 10. The first-order valence-electron chi connectivity index (χ1n) is 8.60. The number of hydrogen-bond donors (Lipinski definition) is 4. The third-order valence-corrected chi connectivity index (χ3v) is 5.56. The molecule has 2 atom stereocenters. The number of thioether (sulfide) groups is 2. The van der Waals surface area contributed by atoms with E-state index in [-0.39, 0.29) is 22.9 Å². The molecule has 2 heterocycles. The Balaban J connectivity index is 2.29. The molecule has 0 spiro atoms. The van der Waals surface area contributed by atoms with E-state index in [0.29, 0.717) is 23.5 Å². The monoisotopic (exact) mass is 471 g/mol. The number of carboxylic acids is 2. The van der Waals surface area contributed by atoms with Gasteiger partial charge < -0.3 is 25.6 Å². The van der Waals surface area contributed by atoms with Crippen molar-refractivity contribution in [2.45, 2.75) is 12.1 Å². The first-order valence-corrected chi connectivity index (χ1v) is 10.6. The second kappa shape index (κ2) is 11.4. The van der Waals surface area contributed by atoms with Crippen LogP contribution in [0.4, 0.5) is 0 Å². The number of nitrogens with zero attached hydrogens (tertiary/aromatic N) is 1. The van der Waals surface area contributed by atoms with E-state index in [0.717, 1.165) is 0 Å². The van der Waals surface area contributed by atoms with Gasteiger partial charge in [-0.15, -0.1) is 0 Å². The molecule has 14 heteroatoms. The maximum atomic E-state index is 12.4. The summed E-state index contributed by atoms with van der Waals surface area (Å²) in [7, 11) is 0. The standard InChI is InChI=1S/C17H17N3O9S2/c21-12-4-29-5-13(22)31-7-11(17(27)28)20-15(24)9-3-1-2-8(18-9)14(23)19-10(6-30-12)16(25)26/h1-3,10-11H,4-7H2,(H,19,23)(H,20,24)(H,25,26)(H,27,28)/t10-,11-/m1/s1. The molecule has 2 amide bonds. The highest BCUT2D eigenvalue weighted by Crippen LogP contribution is 2.10. The third kappa shape index (κ3) is 7.66. The molecule has 4 N–H and O–H groups in total. The van der Waals surface area contributed by atoms with Crippen molar-refractivity contribution in [1.82, 2.24) is 15.6 Å². The van der Waals surface area contributed by atoms with E-state index in [1.807, 2.05) is 0 Å². The van der Waals surface area contributed by atoms with Gasteiger partial charge in [-0.25, -0.2) is 14.6 Å². The Kier molecular flexibility index (Phi) is 8.96. The summed E-state index contributed by atoms with van der Waals surface area (Å²) in [6.45, 7) is -0.972. The summed E-state index contributed by atoms with van der Waals surface area (Å²) >= 11 is 1.20. The highest BCUT2D eigenvalue weighted by atomic mass is 32.2. The lowest BCUT2D eigenvalue weighted by molar-refractivity contribution is -0.139. The smallest absolute Gasteiger partial charge is 0.327 e. The number of ether oxygens (including phenoxy) is 1. The van der Waals surface area contributed by atoms with Crippen molar-refractivity contribution in [3.8, 4) is 0 Å². The maximum Gasteiger partial charge on any atom is 0.327 e. The van der Waals surface area contributed by atoms with Crippen LogP contribution in [0.1, 0.15) is 21.0 Å². The predicted octanol–water partition coefficient (Wildman–Crippen LogP) is -1.00. The average Bonchev–Trinajstić information content (AvgIpc) is 2.72. The van der Waals surface area contributed by atoms with E-state index in [1.54, 1.807) is 0 Å². The van der Waals surface area contributed by atoms with Gasteiger partial charge in [-0.05, 0) is 12.1 Å². The minimum atomic E-state index is -1.44. The largest absolute Gasteiger partial charge is 0.480 e. The molecule has 1 aliphatic rings. The number of carbonyl (C=O) groups excluding carboxylic acids is 4. The van der Waals surface area contributed by atoms with Crippen molar-refractivity contribution in [2.24, 2.45) is 0 Å². The van der Waals surface area contributed by atoms with Crippen LogP contribution in [0.2, 0.25) is 0 Å². The van der Waals surface area contributed by atoms with E-state index < -0.39 is 59.3 Å². The third-order valence-electron chi connectivity index (χ3n) is 3.68. The van der Waals surface area contributed by atoms with Gasteiger partial charge in [0.25, 0.3) is 11.8 Å². The molecule has 0 saturated heterocycles. The number of pyridine rings is 1. The van der Waals surface area contributed by atoms with Gasteiger partial charge in [0.2, 0.25) is 10.2 Å². The molecular formula is C17H17N3O9S2. The van der Waals surface area contributed by atoms with Crippen LogP contribution in [0.15, 0.2) is 18.2 Å². The molecule has 0 radical (unpaired) electrons. The Morgan fingerprint density at radius 3 is 1.68 bits per heavy atom. The van der Waals surface area contributed by atoms with Crippen molar-refractivity contribution in [3.63, 3.8) is 0 Å². The molecule has 1 aromatic rings. The van der Waals surface area contributed by atoms with Crippen LogP contribution in [0.25, 0.3) is 0 Å². The van der Waals surface area contributed by atoms with E-state index >= 15 is 0 Å². The highest BCUT2D eigenvalue weighted by molar-refractivity contribution is 8.14. The zero-order valence-electron chi connectivity index (χ0n) is 15.7. The minimum Gasteiger partial charge on any atom is -0.480 e.